The molecule has 90 heavy (non-hydrogen) atoms. The summed E-state index contributed by atoms with van der Waals surface area (Å²) in [5.74, 6) is 0.218. The first-order chi connectivity index (χ1) is 42.8. The van der Waals surface area contributed by atoms with Crippen molar-refractivity contribution < 1.29 is 35.7 Å². The molecule has 6 aliphatic rings. The Balaban J connectivity index is 0.000000360. The summed E-state index contributed by atoms with van der Waals surface area (Å²) >= 11 is 0. The Bertz CT molecular complexity index is 4820. The summed E-state index contributed by atoms with van der Waals surface area (Å²) < 4.78 is 5.98. The summed E-state index contributed by atoms with van der Waals surface area (Å²) in [6.07, 6.45) is 15.5. The number of aromatic nitrogens is 1. The van der Waals surface area contributed by atoms with Gasteiger partial charge in [-0.05, 0) is 237 Å². The number of pyridine rings is 1. The van der Waals surface area contributed by atoms with Crippen molar-refractivity contribution in [2.45, 2.75) is 103 Å². The minimum absolute atomic E-state index is 0. The molecule has 4 nitrogen and oxygen atoms in total. The van der Waals surface area contributed by atoms with Crippen LogP contribution in [0.1, 0.15) is 132 Å². The van der Waals surface area contributed by atoms with E-state index in [4.69, 9.17) is 4.74 Å². The monoisotopic (exact) mass is 1350 g/mol. The fourth-order valence-corrected chi connectivity index (χ4v) is 15.9. The topological polar surface area (TPSA) is 59.4 Å². The van der Waals surface area contributed by atoms with Crippen LogP contribution >= 0.6 is 0 Å². The Morgan fingerprint density at radius 2 is 1.11 bits per heavy atom. The number of aliphatic hydroxyl groups is 1. The molecule has 9 aromatic carbocycles. The number of carbonyl (C=O) groups excluding carboxylic acids is 1. The van der Waals surface area contributed by atoms with Crippen molar-refractivity contribution in [3.8, 4) is 72.6 Å². The number of rotatable bonds is 7. The average molecular weight is 1350 g/mol. The van der Waals surface area contributed by atoms with Crippen LogP contribution in [0.2, 0.25) is 0 Å². The quantitative estimate of drug-likeness (QED) is 0.0568. The number of hydrogen-bond acceptors (Lipinski definition) is 4. The molecule has 0 radical (unpaired) electrons. The number of fused-ring (bicyclic) bond motifs is 12. The van der Waals surface area contributed by atoms with Crippen LogP contribution in [0.4, 0.5) is 0 Å². The zero-order chi connectivity index (χ0) is 61.3. The van der Waals surface area contributed by atoms with Gasteiger partial charge in [-0.15, -0.1) is 35.9 Å². The van der Waals surface area contributed by atoms with Crippen LogP contribution in [0.3, 0.4) is 0 Å². The van der Waals surface area contributed by atoms with E-state index >= 15 is 0 Å². The number of allylic oxidation sites excluding steroid dienone is 9. The third-order valence-corrected chi connectivity index (χ3v) is 20.8. The van der Waals surface area contributed by atoms with Crippen molar-refractivity contribution in [1.29, 1.82) is 0 Å². The second-order valence-corrected chi connectivity index (χ2v) is 27.5. The molecule has 1 unspecified atom stereocenters. The van der Waals surface area contributed by atoms with Crippen molar-refractivity contribution in [2.75, 3.05) is 0 Å². The Kier molecular flexibility index (Phi) is 14.3. The normalized spacial score (nSPS) is 17.6. The zero-order valence-corrected chi connectivity index (χ0v) is 54.9. The van der Waals surface area contributed by atoms with Crippen molar-refractivity contribution in [3.05, 3.63) is 292 Å². The second kappa shape index (κ2) is 21.9. The van der Waals surface area contributed by atoms with E-state index in [0.29, 0.717) is 11.7 Å². The number of benzene rings is 9. The van der Waals surface area contributed by atoms with Crippen LogP contribution in [0.5, 0.6) is 5.75 Å². The van der Waals surface area contributed by atoms with Gasteiger partial charge in [0.1, 0.15) is 5.75 Å². The SMILES string of the molecule is C/C(O)=C/C(=O)Oc1cc(-c2ccc3c(c2)C(C)(C)c2cc(C4=CC5=C(CC4)c4ccccc4C5(C)C)ccc2-3)cc(-c2ccc3c(c2)C(C)(C)c2cc(-c4ccc5c(c4)C(C)(C)C4CC=CC=C54)ccc2-3)c1.[Pt].[c-]1ccccc1-c1nccc2ccccc12. The van der Waals surface area contributed by atoms with Gasteiger partial charge in [0.25, 0.3) is 0 Å². The number of carbonyl (C=O) groups is 1. The number of nitrogens with zero attached hydrogens (tertiary/aromatic N) is 1. The maximum absolute atomic E-state index is 13.1. The van der Waals surface area contributed by atoms with Gasteiger partial charge in [0, 0.05) is 43.5 Å². The first kappa shape index (κ1) is 58.7. The second-order valence-electron chi connectivity index (χ2n) is 27.5. The van der Waals surface area contributed by atoms with Gasteiger partial charge in [-0.3, -0.25) is 0 Å². The molecule has 0 spiro atoms. The standard InChI is InChI=1S/C70H62O3.C15H10N.Pt/c1-40(71)30-66(72)73-49-32-47(45-22-28-56-54-26-20-43(36-62(54)69(6,7)64(56)38-45)41-18-24-52-50-14-10-12-16-58(50)67(2,3)60(52)34-41)31-48(33-49)46-23-29-57-55-27-21-44(37-63(55)70(8,9)65(57)39-46)42-19-25-53-51-15-11-13-17-59(51)68(4,5)61(53)35-42;1-2-7-13(8-3-1)15-14-9-5-4-6-12(14)10-11-16-15;/h10-16,19-23,25-39,59,71H,17-18,24H2,1-9H3;1-7,9-11H;/q;-1;/b40-30-;;. The summed E-state index contributed by atoms with van der Waals surface area (Å²) in [5, 5.41) is 12.4. The zero-order valence-electron chi connectivity index (χ0n) is 52.6. The molecule has 0 fully saturated rings. The minimum Gasteiger partial charge on any atom is -0.512 e. The van der Waals surface area contributed by atoms with Crippen LogP contribution in [0, 0.1) is 12.0 Å². The molecule has 10 aromatic rings. The van der Waals surface area contributed by atoms with Crippen molar-refractivity contribution in [1.82, 2.24) is 4.98 Å². The van der Waals surface area contributed by atoms with Gasteiger partial charge in [-0.25, -0.2) is 4.79 Å². The van der Waals surface area contributed by atoms with Gasteiger partial charge < -0.3 is 14.8 Å². The summed E-state index contributed by atoms with van der Waals surface area (Å²) in [5.41, 5.74) is 31.2. The summed E-state index contributed by atoms with van der Waals surface area (Å²) in [4.78, 5) is 17.6. The molecular formula is C85H72NO3Pt-. The van der Waals surface area contributed by atoms with Gasteiger partial charge >= 0.3 is 5.97 Å². The minimum atomic E-state index is -0.619. The Hall–Kier alpha value is -8.95. The number of aliphatic hydroxyl groups excluding tert-OH is 1. The molecule has 0 aliphatic heterocycles. The Morgan fingerprint density at radius 1 is 0.556 bits per heavy atom. The number of hydrogen-bond donors (Lipinski definition) is 1. The van der Waals surface area contributed by atoms with Crippen molar-refractivity contribution in [2.24, 2.45) is 5.92 Å². The summed E-state index contributed by atoms with van der Waals surface area (Å²) in [6, 6.07) is 71.5. The Morgan fingerprint density at radius 3 is 1.73 bits per heavy atom. The first-order valence-corrected chi connectivity index (χ1v) is 31.6. The van der Waals surface area contributed by atoms with E-state index in [9.17, 15) is 9.90 Å². The van der Waals surface area contributed by atoms with Crippen molar-refractivity contribution >= 4 is 33.5 Å². The van der Waals surface area contributed by atoms with Gasteiger partial charge in [-0.2, -0.15) is 0 Å². The molecule has 0 saturated carbocycles. The largest absolute Gasteiger partial charge is 0.512 e. The van der Waals surface area contributed by atoms with Gasteiger partial charge in [0.15, 0.2) is 0 Å². The fraction of sp³-hybridized carbons (Fsp3) is 0.200. The van der Waals surface area contributed by atoms with E-state index in [1.165, 1.54) is 123 Å². The summed E-state index contributed by atoms with van der Waals surface area (Å²) in [6.45, 7) is 20.4. The maximum atomic E-state index is 13.1. The third-order valence-electron chi connectivity index (χ3n) is 20.8. The maximum Gasteiger partial charge on any atom is 0.339 e. The smallest absolute Gasteiger partial charge is 0.339 e. The molecule has 0 saturated heterocycles. The van der Waals surface area contributed by atoms with Crippen LogP contribution in [0.15, 0.2) is 236 Å². The van der Waals surface area contributed by atoms with Gasteiger partial charge in [0.05, 0.1) is 11.8 Å². The fourth-order valence-electron chi connectivity index (χ4n) is 15.9. The number of ether oxygens (including phenoxy) is 1. The molecule has 1 N–H and O–H groups in total. The van der Waals surface area contributed by atoms with E-state index < -0.39 is 5.97 Å². The van der Waals surface area contributed by atoms with Gasteiger partial charge in [0.2, 0.25) is 0 Å². The molecule has 1 heterocycles. The van der Waals surface area contributed by atoms with Crippen LogP contribution < -0.4 is 4.74 Å². The molecule has 5 heteroatoms. The van der Waals surface area contributed by atoms with E-state index in [1.54, 1.807) is 0 Å². The number of esters is 1. The molecule has 446 valence electrons. The molecular weight excluding hydrogens is 1280 g/mol. The van der Waals surface area contributed by atoms with Crippen molar-refractivity contribution in [3.63, 3.8) is 0 Å². The first-order valence-electron chi connectivity index (χ1n) is 31.6. The molecule has 16 rings (SSSR count). The van der Waals surface area contributed by atoms with Crippen LogP contribution in [0.25, 0.3) is 94.4 Å². The van der Waals surface area contributed by atoms with E-state index in [1.807, 2.05) is 60.8 Å². The predicted molar refractivity (Wildman–Crippen MR) is 368 cm³/mol. The predicted octanol–water partition coefficient (Wildman–Crippen LogP) is 21.5. The van der Waals surface area contributed by atoms with Crippen LogP contribution in [-0.2, 0) is 47.5 Å². The van der Waals surface area contributed by atoms with Crippen LogP contribution in [-0.4, -0.2) is 16.1 Å². The molecule has 6 aliphatic carbocycles. The average Bonchev–Trinajstić information content (AvgIpc) is 1.61. The Labute approximate surface area is 544 Å². The third kappa shape index (κ3) is 9.59. The van der Waals surface area contributed by atoms with E-state index in [0.717, 1.165) is 58.8 Å². The molecule has 1 atom stereocenters. The molecule has 0 bridgehead atoms. The van der Waals surface area contributed by atoms with Gasteiger partial charge in [-0.1, -0.05) is 189 Å². The van der Waals surface area contributed by atoms with E-state index in [-0.39, 0.29) is 48.5 Å². The molecule has 1 aromatic heterocycles. The van der Waals surface area contributed by atoms with E-state index in [2.05, 4.69) is 224 Å². The summed E-state index contributed by atoms with van der Waals surface area (Å²) in [7, 11) is 0. The molecule has 0 amide bonds.